The zero-order chi connectivity index (χ0) is 24.5. The van der Waals surface area contributed by atoms with Crippen molar-refractivity contribution in [2.45, 2.75) is 20.4 Å². The number of hydrogen-bond acceptors (Lipinski definition) is 5. The van der Waals surface area contributed by atoms with E-state index in [1.165, 1.54) is 10.7 Å². The van der Waals surface area contributed by atoms with Gasteiger partial charge in [-0.25, -0.2) is 14.8 Å². The minimum absolute atomic E-state index is 0.127. The molecular weight excluding hydrogens is 438 g/mol. The summed E-state index contributed by atoms with van der Waals surface area (Å²) >= 11 is 0. The Balaban J connectivity index is 1.75. The monoisotopic (exact) mass is 460 g/mol. The molecule has 3 aromatic heterocycles. The van der Waals surface area contributed by atoms with Crippen LogP contribution in [-0.2, 0) is 6.54 Å². The normalized spacial score (nSPS) is 10.9. The first-order chi connectivity index (χ1) is 17.0. The minimum Gasteiger partial charge on any atom is -0.477 e. The number of aromatic nitrogens is 4. The second-order valence-electron chi connectivity index (χ2n) is 8.49. The van der Waals surface area contributed by atoms with E-state index >= 15 is 0 Å². The smallest absolute Gasteiger partial charge is 0.354 e. The summed E-state index contributed by atoms with van der Waals surface area (Å²) in [5, 5.41) is 20.6. The molecule has 0 aliphatic heterocycles. The molecule has 0 atom stereocenters. The summed E-state index contributed by atoms with van der Waals surface area (Å²) in [5.41, 5.74) is 6.22. The van der Waals surface area contributed by atoms with Gasteiger partial charge in [0.15, 0.2) is 5.56 Å². The van der Waals surface area contributed by atoms with Crippen molar-refractivity contribution in [1.29, 1.82) is 5.26 Å². The van der Waals surface area contributed by atoms with Crippen LogP contribution in [0.15, 0.2) is 84.3 Å². The first-order valence-electron chi connectivity index (χ1n) is 11.1. The quantitative estimate of drug-likeness (QED) is 0.410. The molecule has 0 bridgehead atoms. The van der Waals surface area contributed by atoms with E-state index < -0.39 is 0 Å². The van der Waals surface area contributed by atoms with Gasteiger partial charge in [-0.05, 0) is 65.9 Å². The van der Waals surface area contributed by atoms with Crippen LogP contribution in [-0.4, -0.2) is 19.5 Å². The number of rotatable bonds is 4. The van der Waals surface area contributed by atoms with Gasteiger partial charge in [0.1, 0.15) is 12.9 Å². The summed E-state index contributed by atoms with van der Waals surface area (Å²) in [7, 11) is 0. The maximum Gasteiger partial charge on any atom is 0.354 e. The Hall–Kier alpha value is -4.83. The predicted molar refractivity (Wildman–Crippen MR) is 132 cm³/mol. The molecule has 3 heterocycles. The summed E-state index contributed by atoms with van der Waals surface area (Å²) in [5.74, 6) is -0.127. The summed E-state index contributed by atoms with van der Waals surface area (Å²) in [6.07, 6.45) is 6.51. The molecule has 5 rings (SSSR count). The van der Waals surface area contributed by atoms with Crippen LogP contribution in [0, 0.1) is 25.2 Å². The van der Waals surface area contributed by atoms with E-state index in [2.05, 4.69) is 16.0 Å². The lowest BCUT2D eigenvalue weighted by molar-refractivity contribution is -0.671. The van der Waals surface area contributed by atoms with Crippen LogP contribution in [0.5, 0.6) is 5.88 Å². The van der Waals surface area contributed by atoms with Gasteiger partial charge < -0.3 is 5.11 Å². The molecule has 0 fully saturated rings. The van der Waals surface area contributed by atoms with Crippen molar-refractivity contribution >= 4 is 5.65 Å². The highest BCUT2D eigenvalue weighted by molar-refractivity contribution is 5.77. The second kappa shape index (κ2) is 8.84. The van der Waals surface area contributed by atoms with Gasteiger partial charge in [-0.1, -0.05) is 24.3 Å². The highest BCUT2D eigenvalue weighted by Gasteiger charge is 2.25. The molecule has 0 unspecified atom stereocenters. The van der Waals surface area contributed by atoms with Gasteiger partial charge in [0.25, 0.3) is 11.5 Å². The van der Waals surface area contributed by atoms with Crippen molar-refractivity contribution in [3.05, 3.63) is 112 Å². The van der Waals surface area contributed by atoms with E-state index in [1.54, 1.807) is 41.4 Å². The fourth-order valence-electron chi connectivity index (χ4n) is 4.43. The van der Waals surface area contributed by atoms with E-state index in [4.69, 9.17) is 0 Å². The molecule has 5 aromatic rings. The largest absolute Gasteiger partial charge is 0.477 e. The molecule has 0 spiro atoms. The summed E-state index contributed by atoms with van der Waals surface area (Å²) in [4.78, 5) is 21.7. The Labute approximate surface area is 201 Å². The molecule has 0 radical (unpaired) electrons. The number of nitriles is 1. The van der Waals surface area contributed by atoms with Crippen molar-refractivity contribution in [3.63, 3.8) is 0 Å². The Morgan fingerprint density at radius 2 is 1.80 bits per heavy atom. The third-order valence-electron chi connectivity index (χ3n) is 6.01. The highest BCUT2D eigenvalue weighted by atomic mass is 16.3. The number of pyridine rings is 1. The summed E-state index contributed by atoms with van der Waals surface area (Å²) in [6, 6.07) is 18.9. The Morgan fingerprint density at radius 1 is 1.03 bits per heavy atom. The first-order valence-corrected chi connectivity index (χ1v) is 11.1. The number of aryl methyl sites for hydroxylation is 2. The molecule has 7 nitrogen and oxygen atoms in total. The zero-order valence-corrected chi connectivity index (χ0v) is 19.3. The molecule has 7 heteroatoms. The van der Waals surface area contributed by atoms with E-state index in [9.17, 15) is 15.2 Å². The number of hydrogen-bond donors (Lipinski definition) is 1. The van der Waals surface area contributed by atoms with Crippen LogP contribution in [0.4, 0.5) is 0 Å². The van der Waals surface area contributed by atoms with Crippen molar-refractivity contribution in [2.24, 2.45) is 0 Å². The van der Waals surface area contributed by atoms with Gasteiger partial charge in [0, 0.05) is 24.0 Å². The molecule has 0 aliphatic rings. The fraction of sp³-hybridized carbons (Fsp3) is 0.107. The number of aromatic hydroxyl groups is 1. The van der Waals surface area contributed by atoms with Crippen molar-refractivity contribution in [1.82, 2.24) is 14.4 Å². The Morgan fingerprint density at radius 3 is 2.54 bits per heavy atom. The van der Waals surface area contributed by atoms with E-state index in [0.717, 1.165) is 27.8 Å². The molecule has 170 valence electrons. The highest BCUT2D eigenvalue weighted by Crippen LogP contribution is 2.32. The molecule has 0 aliphatic carbocycles. The van der Waals surface area contributed by atoms with Crippen LogP contribution in [0.3, 0.4) is 0 Å². The van der Waals surface area contributed by atoms with Crippen molar-refractivity contribution < 1.29 is 9.67 Å². The van der Waals surface area contributed by atoms with Crippen molar-refractivity contribution in [3.8, 4) is 34.2 Å². The van der Waals surface area contributed by atoms with Gasteiger partial charge in [0.05, 0.1) is 17.8 Å². The average molecular weight is 461 g/mol. The van der Waals surface area contributed by atoms with Gasteiger partial charge in [0.2, 0.25) is 0 Å². The third kappa shape index (κ3) is 4.02. The summed E-state index contributed by atoms with van der Waals surface area (Å²) in [6.45, 7) is 4.20. The Bertz CT molecular complexity index is 1680. The van der Waals surface area contributed by atoms with E-state index in [1.807, 2.05) is 50.2 Å². The van der Waals surface area contributed by atoms with Gasteiger partial charge in [-0.15, -0.1) is 0 Å². The molecule has 0 saturated carbocycles. The van der Waals surface area contributed by atoms with E-state index in [-0.39, 0.29) is 17.0 Å². The topological polar surface area (TPSA) is 95.2 Å². The number of fused-ring (bicyclic) bond motifs is 1. The maximum absolute atomic E-state index is 13.6. The summed E-state index contributed by atoms with van der Waals surface area (Å²) < 4.78 is 3.22. The molecular formula is C28H22N5O2+. The number of nitrogens with zero attached hydrogens (tertiary/aromatic N) is 5. The third-order valence-corrected chi connectivity index (χ3v) is 6.01. The molecule has 35 heavy (non-hydrogen) atoms. The SMILES string of the molecule is Cc1cc(-c2ccc(C#N)cc2C)cc(-c2c(O)[n+](Cc3cncnc3)c3ccccn3c2=O)c1. The molecule has 0 amide bonds. The van der Waals surface area contributed by atoms with Gasteiger partial charge >= 0.3 is 5.56 Å². The fourth-order valence-corrected chi connectivity index (χ4v) is 4.43. The first kappa shape index (κ1) is 22.0. The van der Waals surface area contributed by atoms with Gasteiger partial charge in [-0.3, -0.25) is 0 Å². The molecule has 2 aromatic carbocycles. The lowest BCUT2D eigenvalue weighted by atomic mass is 9.94. The second-order valence-corrected chi connectivity index (χ2v) is 8.49. The van der Waals surface area contributed by atoms with Crippen molar-refractivity contribution in [2.75, 3.05) is 0 Å². The Kier molecular flexibility index (Phi) is 5.55. The zero-order valence-electron chi connectivity index (χ0n) is 19.3. The van der Waals surface area contributed by atoms with Gasteiger partial charge in [-0.2, -0.15) is 14.2 Å². The minimum atomic E-state index is -0.313. The molecule has 1 N–H and O–H groups in total. The van der Waals surface area contributed by atoms with Crippen LogP contribution in [0.2, 0.25) is 0 Å². The predicted octanol–water partition coefficient (Wildman–Crippen LogP) is 3.95. The average Bonchev–Trinajstić information content (AvgIpc) is 2.87. The number of benzene rings is 2. The lowest BCUT2D eigenvalue weighted by Gasteiger charge is -2.13. The lowest BCUT2D eigenvalue weighted by Crippen LogP contribution is -2.41. The van der Waals surface area contributed by atoms with Crippen LogP contribution < -0.4 is 10.1 Å². The van der Waals surface area contributed by atoms with E-state index in [0.29, 0.717) is 23.3 Å². The maximum atomic E-state index is 13.6. The standard InChI is InChI=1S/C28H21N5O2/c1-18-9-22(24-7-6-20(13-29)11-19(24)2)12-23(10-18)26-27(34)32-8-4-3-5-25(32)33(28(26)35)16-21-14-30-17-31-15-21/h3-12,14-15,17H,16H2,1-2H3/p+1. The van der Waals surface area contributed by atoms with Crippen LogP contribution in [0.1, 0.15) is 22.3 Å². The van der Waals surface area contributed by atoms with Crippen LogP contribution in [0.25, 0.3) is 27.9 Å². The van der Waals surface area contributed by atoms with Crippen LogP contribution >= 0.6 is 0 Å². The molecule has 0 saturated heterocycles.